The number of benzene rings is 2. The average Bonchev–Trinajstić information content (AvgIpc) is 3.05. The lowest BCUT2D eigenvalue weighted by Gasteiger charge is -2.18. The number of methoxy groups -OCH3 is 2. The molecule has 32 heavy (non-hydrogen) atoms. The number of imide groups is 1. The predicted octanol–water partition coefficient (Wildman–Crippen LogP) is 4.94. The van der Waals surface area contributed by atoms with Crippen LogP contribution in [0.5, 0.6) is 11.5 Å². The molecule has 7 nitrogen and oxygen atoms in total. The van der Waals surface area contributed by atoms with Gasteiger partial charge in [-0.1, -0.05) is 45.8 Å². The molecule has 0 aliphatic carbocycles. The minimum Gasteiger partial charge on any atom is -0.493 e. The van der Waals surface area contributed by atoms with E-state index in [1.54, 1.807) is 18.2 Å². The smallest absolute Gasteiger partial charge is 0.328 e. The van der Waals surface area contributed by atoms with E-state index < -0.39 is 23.2 Å². The lowest BCUT2D eigenvalue weighted by atomic mass is 10.1. The van der Waals surface area contributed by atoms with Crippen LogP contribution < -0.4 is 9.47 Å². The fourth-order valence-electron chi connectivity index (χ4n) is 3.13. The molecule has 0 N–H and O–H groups in total. The SMILES string of the molecule is COC(=O)[C@@H](C)N1C(=O)S/C(=C/c2cc(OC)c(OCc3cccc(C)c3)cc2Br)C1=O. The monoisotopic (exact) mass is 519 g/mol. The molecule has 1 atom stereocenters. The molecule has 1 saturated heterocycles. The minimum absolute atomic E-state index is 0.196. The Kier molecular flexibility index (Phi) is 7.63. The number of aryl methyl sites for hydroxylation is 1. The Labute approximate surface area is 198 Å². The lowest BCUT2D eigenvalue weighted by Crippen LogP contribution is -2.42. The van der Waals surface area contributed by atoms with Crippen LogP contribution in [0.25, 0.3) is 6.08 Å². The maximum atomic E-state index is 12.7. The molecule has 2 aromatic rings. The Morgan fingerprint density at radius 3 is 2.59 bits per heavy atom. The summed E-state index contributed by atoms with van der Waals surface area (Å²) in [6.07, 6.45) is 1.58. The van der Waals surface area contributed by atoms with Crippen molar-refractivity contribution in [2.75, 3.05) is 14.2 Å². The van der Waals surface area contributed by atoms with Crippen molar-refractivity contribution < 1.29 is 28.6 Å². The number of thioether (sulfide) groups is 1. The molecule has 1 aliphatic rings. The standard InChI is InChI=1S/C23H22BrNO6S/c1-13-6-5-7-15(8-13)12-31-19-11-17(24)16(9-18(19)29-3)10-20-21(26)25(23(28)32-20)14(2)22(27)30-4/h5-11,14H,12H2,1-4H3/b20-10+/t14-/m1/s1. The first-order valence-electron chi connectivity index (χ1n) is 9.66. The third-order valence-corrected chi connectivity index (χ3v) is 6.37. The van der Waals surface area contributed by atoms with E-state index in [0.717, 1.165) is 27.8 Å². The second kappa shape index (κ2) is 10.2. The van der Waals surface area contributed by atoms with Gasteiger partial charge in [0.2, 0.25) is 0 Å². The molecule has 1 heterocycles. The largest absolute Gasteiger partial charge is 0.493 e. The number of esters is 1. The summed E-state index contributed by atoms with van der Waals surface area (Å²) in [5.74, 6) is -0.199. The highest BCUT2D eigenvalue weighted by Gasteiger charge is 2.41. The van der Waals surface area contributed by atoms with E-state index in [0.29, 0.717) is 28.1 Å². The summed E-state index contributed by atoms with van der Waals surface area (Å²) in [5.41, 5.74) is 2.80. The molecule has 2 aromatic carbocycles. The maximum absolute atomic E-state index is 12.7. The minimum atomic E-state index is -1.01. The molecular weight excluding hydrogens is 498 g/mol. The van der Waals surface area contributed by atoms with Gasteiger partial charge < -0.3 is 14.2 Å². The van der Waals surface area contributed by atoms with E-state index in [2.05, 4.69) is 20.7 Å². The number of carbonyl (C=O) groups excluding carboxylic acids is 3. The van der Waals surface area contributed by atoms with E-state index in [1.807, 2.05) is 31.2 Å². The van der Waals surface area contributed by atoms with E-state index in [4.69, 9.17) is 9.47 Å². The van der Waals surface area contributed by atoms with Crippen molar-refractivity contribution in [3.05, 3.63) is 62.5 Å². The van der Waals surface area contributed by atoms with Gasteiger partial charge in [0.25, 0.3) is 11.1 Å². The van der Waals surface area contributed by atoms with Gasteiger partial charge >= 0.3 is 5.97 Å². The molecule has 1 fully saturated rings. The first-order valence-corrected chi connectivity index (χ1v) is 11.3. The number of carbonyl (C=O) groups is 3. The Hall–Kier alpha value is -2.78. The molecule has 0 unspecified atom stereocenters. The zero-order chi connectivity index (χ0) is 23.4. The maximum Gasteiger partial charge on any atom is 0.328 e. The average molecular weight is 520 g/mol. The van der Waals surface area contributed by atoms with Crippen LogP contribution >= 0.6 is 27.7 Å². The van der Waals surface area contributed by atoms with Gasteiger partial charge in [-0.25, -0.2) is 4.79 Å². The number of halogens is 1. The van der Waals surface area contributed by atoms with Crippen LogP contribution in [0.3, 0.4) is 0 Å². The first kappa shape index (κ1) is 23.9. The third-order valence-electron chi connectivity index (χ3n) is 4.80. The normalized spacial score (nSPS) is 15.8. The topological polar surface area (TPSA) is 82.1 Å². The van der Waals surface area contributed by atoms with Crippen LogP contribution in [0.4, 0.5) is 4.79 Å². The summed E-state index contributed by atoms with van der Waals surface area (Å²) in [5, 5.41) is -0.527. The third kappa shape index (κ3) is 5.16. The summed E-state index contributed by atoms with van der Waals surface area (Å²) in [7, 11) is 2.73. The second-order valence-electron chi connectivity index (χ2n) is 7.05. The van der Waals surface area contributed by atoms with Gasteiger partial charge in [-0.3, -0.25) is 14.5 Å². The zero-order valence-electron chi connectivity index (χ0n) is 18.0. The quantitative estimate of drug-likeness (QED) is 0.378. The van der Waals surface area contributed by atoms with Crippen molar-refractivity contribution in [3.8, 4) is 11.5 Å². The van der Waals surface area contributed by atoms with E-state index >= 15 is 0 Å². The number of rotatable bonds is 7. The molecule has 0 aromatic heterocycles. The molecule has 0 saturated carbocycles. The van der Waals surface area contributed by atoms with Crippen molar-refractivity contribution in [2.24, 2.45) is 0 Å². The molecule has 168 valence electrons. The van der Waals surface area contributed by atoms with Gasteiger partial charge in [0.15, 0.2) is 11.5 Å². The molecule has 2 amide bonds. The van der Waals surface area contributed by atoms with Crippen molar-refractivity contribution in [2.45, 2.75) is 26.5 Å². The Morgan fingerprint density at radius 2 is 1.94 bits per heavy atom. The van der Waals surface area contributed by atoms with E-state index in [-0.39, 0.29) is 4.91 Å². The molecule has 1 aliphatic heterocycles. The number of hydrogen-bond donors (Lipinski definition) is 0. The summed E-state index contributed by atoms with van der Waals surface area (Å²) < 4.78 is 16.7. The van der Waals surface area contributed by atoms with Crippen molar-refractivity contribution in [1.82, 2.24) is 4.90 Å². The summed E-state index contributed by atoms with van der Waals surface area (Å²) >= 11 is 4.26. The first-order chi connectivity index (χ1) is 15.2. The summed E-state index contributed by atoms with van der Waals surface area (Å²) in [6, 6.07) is 10.5. The lowest BCUT2D eigenvalue weighted by molar-refractivity contribution is -0.148. The number of amides is 2. The van der Waals surface area contributed by atoms with Crippen LogP contribution in [0.2, 0.25) is 0 Å². The van der Waals surface area contributed by atoms with Crippen LogP contribution in [-0.2, 0) is 20.9 Å². The highest BCUT2D eigenvalue weighted by Crippen LogP contribution is 2.38. The fraction of sp³-hybridized carbons (Fsp3) is 0.261. The molecular formula is C23H22BrNO6S. The number of ether oxygens (including phenoxy) is 3. The van der Waals surface area contributed by atoms with Gasteiger partial charge in [-0.15, -0.1) is 0 Å². The number of hydrogen-bond acceptors (Lipinski definition) is 7. The van der Waals surface area contributed by atoms with Crippen LogP contribution in [0.1, 0.15) is 23.6 Å². The van der Waals surface area contributed by atoms with Crippen LogP contribution in [0, 0.1) is 6.92 Å². The highest BCUT2D eigenvalue weighted by molar-refractivity contribution is 9.10. The van der Waals surface area contributed by atoms with E-state index in [9.17, 15) is 14.4 Å². The van der Waals surface area contributed by atoms with E-state index in [1.165, 1.54) is 21.1 Å². The zero-order valence-corrected chi connectivity index (χ0v) is 20.4. The fourth-order valence-corrected chi connectivity index (χ4v) is 4.46. The summed E-state index contributed by atoms with van der Waals surface area (Å²) in [6.45, 7) is 3.83. The summed E-state index contributed by atoms with van der Waals surface area (Å²) in [4.78, 5) is 37.9. The Morgan fingerprint density at radius 1 is 1.19 bits per heavy atom. The van der Waals surface area contributed by atoms with Gasteiger partial charge in [0, 0.05) is 4.47 Å². The van der Waals surface area contributed by atoms with Gasteiger partial charge in [-0.05, 0) is 54.9 Å². The van der Waals surface area contributed by atoms with Crippen molar-refractivity contribution in [1.29, 1.82) is 0 Å². The van der Waals surface area contributed by atoms with Gasteiger partial charge in [0.05, 0.1) is 19.1 Å². The van der Waals surface area contributed by atoms with Crippen molar-refractivity contribution in [3.63, 3.8) is 0 Å². The van der Waals surface area contributed by atoms with Crippen molar-refractivity contribution >= 4 is 50.9 Å². The van der Waals surface area contributed by atoms with Crippen LogP contribution in [-0.4, -0.2) is 42.3 Å². The molecule has 0 spiro atoms. The van der Waals surface area contributed by atoms with Gasteiger partial charge in [-0.2, -0.15) is 0 Å². The molecule has 3 rings (SSSR count). The Balaban J connectivity index is 1.84. The second-order valence-corrected chi connectivity index (χ2v) is 8.90. The molecule has 9 heteroatoms. The number of nitrogens with zero attached hydrogens (tertiary/aromatic N) is 1. The van der Waals surface area contributed by atoms with Gasteiger partial charge in [0.1, 0.15) is 12.6 Å². The molecule has 0 radical (unpaired) electrons. The molecule has 0 bridgehead atoms. The Bertz CT molecular complexity index is 1100. The van der Waals surface area contributed by atoms with Crippen LogP contribution in [0.15, 0.2) is 45.8 Å². The highest BCUT2D eigenvalue weighted by atomic mass is 79.9. The predicted molar refractivity (Wildman–Crippen MR) is 125 cm³/mol.